The quantitative estimate of drug-likeness (QED) is 0.554. The number of para-hydroxylation sites is 1. The lowest BCUT2D eigenvalue weighted by Crippen LogP contribution is -2.32. The second kappa shape index (κ2) is 7.83. The Morgan fingerprint density at radius 3 is 2.22 bits per heavy atom. The standard InChI is InChI=1S/C15H12F4O2S2/c16-11-6-8-13(9-7-11)22-14(15(17,18)19)10-23(20)21-12-4-2-1-3-5-12/h1-9,14H,10H2/t14-,23?/m1/s1. The summed E-state index contributed by atoms with van der Waals surface area (Å²) in [7, 11) is 0. The Morgan fingerprint density at radius 2 is 1.65 bits per heavy atom. The summed E-state index contributed by atoms with van der Waals surface area (Å²) in [5.74, 6) is -1.02. The monoisotopic (exact) mass is 364 g/mol. The molecule has 23 heavy (non-hydrogen) atoms. The number of benzene rings is 2. The smallest absolute Gasteiger partial charge is 0.401 e. The maximum Gasteiger partial charge on any atom is 0.401 e. The van der Waals surface area contributed by atoms with E-state index < -0.39 is 34.1 Å². The molecule has 2 rings (SSSR count). The van der Waals surface area contributed by atoms with E-state index in [-0.39, 0.29) is 10.6 Å². The Balaban J connectivity index is 2.04. The van der Waals surface area contributed by atoms with Crippen molar-refractivity contribution in [1.82, 2.24) is 0 Å². The van der Waals surface area contributed by atoms with E-state index in [4.69, 9.17) is 4.18 Å². The third kappa shape index (κ3) is 5.87. The lowest BCUT2D eigenvalue weighted by atomic mass is 10.3. The summed E-state index contributed by atoms with van der Waals surface area (Å²) in [5.41, 5.74) is 0. The fourth-order valence-corrected chi connectivity index (χ4v) is 3.80. The van der Waals surface area contributed by atoms with Crippen LogP contribution in [0.25, 0.3) is 0 Å². The van der Waals surface area contributed by atoms with E-state index in [0.717, 1.165) is 12.1 Å². The summed E-state index contributed by atoms with van der Waals surface area (Å²) in [6.45, 7) is 0. The van der Waals surface area contributed by atoms with Crippen LogP contribution in [0.3, 0.4) is 0 Å². The van der Waals surface area contributed by atoms with Crippen LogP contribution in [0.15, 0.2) is 59.5 Å². The molecule has 0 bridgehead atoms. The van der Waals surface area contributed by atoms with Crippen LogP contribution in [-0.2, 0) is 11.1 Å². The van der Waals surface area contributed by atoms with Gasteiger partial charge in [-0.15, -0.1) is 11.8 Å². The second-order valence-corrected chi connectivity index (χ2v) is 6.85. The zero-order valence-corrected chi connectivity index (χ0v) is 13.3. The molecular formula is C15H12F4O2S2. The third-order valence-corrected chi connectivity index (χ3v) is 5.13. The van der Waals surface area contributed by atoms with E-state index >= 15 is 0 Å². The molecule has 2 atom stereocenters. The van der Waals surface area contributed by atoms with Crippen molar-refractivity contribution in [3.8, 4) is 5.75 Å². The molecule has 0 saturated carbocycles. The lowest BCUT2D eigenvalue weighted by molar-refractivity contribution is -0.124. The fraction of sp³-hybridized carbons (Fsp3) is 0.200. The average Bonchev–Trinajstić information content (AvgIpc) is 2.49. The highest BCUT2D eigenvalue weighted by Crippen LogP contribution is 2.36. The maximum atomic E-state index is 13.1. The van der Waals surface area contributed by atoms with Gasteiger partial charge in [0.15, 0.2) is 0 Å². The molecular weight excluding hydrogens is 352 g/mol. The normalized spacial score (nSPS) is 14.3. The summed E-state index contributed by atoms with van der Waals surface area (Å²) in [5, 5.41) is -1.92. The van der Waals surface area contributed by atoms with Crippen molar-refractivity contribution in [3.63, 3.8) is 0 Å². The van der Waals surface area contributed by atoms with Crippen LogP contribution in [0.5, 0.6) is 5.75 Å². The number of thioether (sulfide) groups is 1. The zero-order chi connectivity index (χ0) is 16.9. The van der Waals surface area contributed by atoms with Crippen LogP contribution in [0.1, 0.15) is 0 Å². The van der Waals surface area contributed by atoms with Crippen molar-refractivity contribution in [2.75, 3.05) is 5.75 Å². The second-order valence-electron chi connectivity index (χ2n) is 4.47. The van der Waals surface area contributed by atoms with Gasteiger partial charge in [-0.25, -0.2) is 8.60 Å². The first-order valence-electron chi connectivity index (χ1n) is 6.45. The molecule has 0 aliphatic carbocycles. The van der Waals surface area contributed by atoms with E-state index in [1.54, 1.807) is 18.2 Å². The predicted octanol–water partition coefficient (Wildman–Crippen LogP) is 4.59. The molecule has 2 aromatic carbocycles. The van der Waals surface area contributed by atoms with Gasteiger partial charge in [0.1, 0.15) is 16.8 Å². The van der Waals surface area contributed by atoms with Crippen LogP contribution < -0.4 is 4.18 Å². The molecule has 0 heterocycles. The van der Waals surface area contributed by atoms with Gasteiger partial charge in [0, 0.05) is 4.90 Å². The van der Waals surface area contributed by atoms with E-state index in [1.807, 2.05) is 0 Å². The highest BCUT2D eigenvalue weighted by Gasteiger charge is 2.42. The van der Waals surface area contributed by atoms with E-state index in [1.165, 1.54) is 24.3 Å². The molecule has 8 heteroatoms. The highest BCUT2D eigenvalue weighted by atomic mass is 32.2. The number of rotatable bonds is 6. The summed E-state index contributed by atoms with van der Waals surface area (Å²) in [6, 6.07) is 12.6. The van der Waals surface area contributed by atoms with Crippen LogP contribution >= 0.6 is 11.8 Å². The maximum absolute atomic E-state index is 13.1. The molecule has 124 valence electrons. The average molecular weight is 364 g/mol. The van der Waals surface area contributed by atoms with Crippen LogP contribution in [-0.4, -0.2) is 21.4 Å². The summed E-state index contributed by atoms with van der Waals surface area (Å²) in [4.78, 5) is 0.241. The molecule has 1 unspecified atom stereocenters. The van der Waals surface area contributed by atoms with E-state index in [2.05, 4.69) is 0 Å². The Bertz CT molecular complexity index is 645. The Hall–Kier alpha value is -1.54. The predicted molar refractivity (Wildman–Crippen MR) is 82.2 cm³/mol. The third-order valence-electron chi connectivity index (χ3n) is 2.68. The van der Waals surface area contributed by atoms with Gasteiger partial charge in [-0.1, -0.05) is 18.2 Å². The molecule has 0 aliphatic rings. The van der Waals surface area contributed by atoms with Crippen molar-refractivity contribution in [1.29, 1.82) is 0 Å². The molecule has 0 N–H and O–H groups in total. The van der Waals surface area contributed by atoms with Crippen molar-refractivity contribution in [2.45, 2.75) is 16.3 Å². The molecule has 0 spiro atoms. The van der Waals surface area contributed by atoms with E-state index in [9.17, 15) is 21.8 Å². The first-order valence-corrected chi connectivity index (χ1v) is 8.57. The topological polar surface area (TPSA) is 26.3 Å². The van der Waals surface area contributed by atoms with E-state index in [0.29, 0.717) is 11.8 Å². The highest BCUT2D eigenvalue weighted by molar-refractivity contribution is 8.00. The summed E-state index contributed by atoms with van der Waals surface area (Å²) in [6.07, 6.45) is -4.56. The molecule has 0 aromatic heterocycles. The first kappa shape index (κ1) is 17.8. The molecule has 2 aromatic rings. The zero-order valence-electron chi connectivity index (χ0n) is 11.6. The minimum atomic E-state index is -4.56. The molecule has 0 fully saturated rings. The number of hydrogen-bond acceptors (Lipinski definition) is 3. The minimum absolute atomic E-state index is 0.235. The molecule has 0 saturated heterocycles. The number of halogens is 4. The van der Waals surface area contributed by atoms with Gasteiger partial charge >= 0.3 is 6.18 Å². The van der Waals surface area contributed by atoms with Gasteiger partial charge in [0.25, 0.3) is 0 Å². The molecule has 0 aliphatic heterocycles. The lowest BCUT2D eigenvalue weighted by Gasteiger charge is -2.19. The van der Waals surface area contributed by atoms with Crippen molar-refractivity contribution in [3.05, 3.63) is 60.4 Å². The minimum Gasteiger partial charge on any atom is -0.401 e. The number of hydrogen-bond donors (Lipinski definition) is 0. The van der Waals surface area contributed by atoms with Gasteiger partial charge in [-0.2, -0.15) is 13.2 Å². The van der Waals surface area contributed by atoms with Gasteiger partial charge in [-0.3, -0.25) is 0 Å². The van der Waals surface area contributed by atoms with Crippen molar-refractivity contribution < 1.29 is 26.0 Å². The van der Waals surface area contributed by atoms with Gasteiger partial charge in [-0.05, 0) is 36.4 Å². The van der Waals surface area contributed by atoms with Crippen molar-refractivity contribution in [2.24, 2.45) is 0 Å². The number of alkyl halides is 3. The van der Waals surface area contributed by atoms with Crippen LogP contribution in [0, 0.1) is 5.82 Å². The molecule has 0 radical (unpaired) electrons. The van der Waals surface area contributed by atoms with Gasteiger partial charge < -0.3 is 4.18 Å². The first-order chi connectivity index (χ1) is 10.8. The Kier molecular flexibility index (Phi) is 6.06. The van der Waals surface area contributed by atoms with Crippen LogP contribution in [0.4, 0.5) is 17.6 Å². The largest absolute Gasteiger partial charge is 0.401 e. The Labute approximate surface area is 137 Å². The summed E-state index contributed by atoms with van der Waals surface area (Å²) >= 11 is -1.66. The fourth-order valence-electron chi connectivity index (χ4n) is 1.61. The van der Waals surface area contributed by atoms with Crippen LogP contribution in [0.2, 0.25) is 0 Å². The summed E-state index contributed by atoms with van der Waals surface area (Å²) < 4.78 is 68.9. The Morgan fingerprint density at radius 1 is 1.04 bits per heavy atom. The SMILES string of the molecule is O=S(C[C@@H](Sc1ccc(F)cc1)C(F)(F)F)Oc1ccccc1. The molecule has 2 nitrogen and oxygen atoms in total. The van der Waals surface area contributed by atoms with Gasteiger partial charge in [0.2, 0.25) is 11.1 Å². The molecule has 0 amide bonds. The van der Waals surface area contributed by atoms with Gasteiger partial charge in [0.05, 0.1) is 5.75 Å². The van der Waals surface area contributed by atoms with Crippen molar-refractivity contribution >= 4 is 22.8 Å².